The van der Waals surface area contributed by atoms with Gasteiger partial charge in [-0.2, -0.15) is 0 Å². The average molecular weight is 379 g/mol. The number of rotatable bonds is 15. The molecule has 27 heavy (non-hydrogen) atoms. The Kier molecular flexibility index (Phi) is 16.2. The summed E-state index contributed by atoms with van der Waals surface area (Å²) in [4.78, 5) is 10.4. The van der Waals surface area contributed by atoms with Crippen LogP contribution < -0.4 is 0 Å². The molecule has 3 atom stereocenters. The second-order valence-corrected chi connectivity index (χ2v) is 6.27. The number of aliphatic hydroxyl groups is 3. The molecule has 0 radical (unpaired) electrons. The molecule has 0 aromatic carbocycles. The van der Waals surface area contributed by atoms with Crippen LogP contribution in [0.25, 0.3) is 0 Å². The van der Waals surface area contributed by atoms with Gasteiger partial charge in [0.05, 0.1) is 18.3 Å². The Morgan fingerprint density at radius 1 is 0.852 bits per heavy atom. The molecule has 1 unspecified atom stereocenters. The summed E-state index contributed by atoms with van der Waals surface area (Å²) < 4.78 is 0. The molecule has 0 aliphatic rings. The molecule has 0 saturated carbocycles. The number of aliphatic hydroxyl groups excluding tert-OH is 3. The van der Waals surface area contributed by atoms with E-state index in [0.29, 0.717) is 25.7 Å². The predicted octanol–water partition coefficient (Wildman–Crippen LogP) is 3.69. The number of carbonyl (C=O) groups is 1. The number of hydrogen-bond acceptors (Lipinski definition) is 4. The Bertz CT molecular complexity index is 517. The summed E-state index contributed by atoms with van der Waals surface area (Å²) in [5.74, 6) is -0.810. The fourth-order valence-electron chi connectivity index (χ4n) is 2.21. The lowest BCUT2D eigenvalue weighted by molar-refractivity contribution is -0.137. The standard InChI is InChI=1S/C22H34O5/c1-2-3-9-14-19(23)15-10-6-4-5-7-11-16-20(24)21(25)17-12-8-13-18-22(26)27/h3-7,9-11,15-16,19-21,23-25H,2,8,12-14,17-18H2,1H3,(H,26,27)/b6-4?,7-5?,9-3-,15-10+,16-11?/t19-,20?,21-/m0/s1. The van der Waals surface area contributed by atoms with E-state index >= 15 is 0 Å². The minimum absolute atomic E-state index is 0.140. The molecule has 5 heteroatoms. The lowest BCUT2D eigenvalue weighted by Crippen LogP contribution is -2.23. The van der Waals surface area contributed by atoms with E-state index in [2.05, 4.69) is 0 Å². The van der Waals surface area contributed by atoms with Gasteiger partial charge in [0.25, 0.3) is 0 Å². The Morgan fingerprint density at radius 2 is 1.48 bits per heavy atom. The summed E-state index contributed by atoms with van der Waals surface area (Å²) in [6.07, 6.45) is 19.7. The van der Waals surface area contributed by atoms with Crippen molar-refractivity contribution in [2.24, 2.45) is 0 Å². The molecule has 0 aromatic rings. The first kappa shape index (κ1) is 25.1. The lowest BCUT2D eigenvalue weighted by Gasteiger charge is -2.13. The van der Waals surface area contributed by atoms with Crippen molar-refractivity contribution in [2.45, 2.75) is 70.2 Å². The maximum atomic E-state index is 10.4. The highest BCUT2D eigenvalue weighted by Crippen LogP contribution is 2.09. The summed E-state index contributed by atoms with van der Waals surface area (Å²) in [6, 6.07) is 0. The van der Waals surface area contributed by atoms with Crippen molar-refractivity contribution < 1.29 is 25.2 Å². The molecule has 0 aliphatic heterocycles. The van der Waals surface area contributed by atoms with E-state index in [4.69, 9.17) is 5.11 Å². The Balaban J connectivity index is 3.96. The van der Waals surface area contributed by atoms with Crippen LogP contribution in [0.1, 0.15) is 51.9 Å². The zero-order chi connectivity index (χ0) is 20.3. The molecule has 0 aliphatic carbocycles. The molecule has 0 spiro atoms. The van der Waals surface area contributed by atoms with Crippen LogP contribution in [0.3, 0.4) is 0 Å². The molecule has 4 N–H and O–H groups in total. The van der Waals surface area contributed by atoms with E-state index in [9.17, 15) is 20.1 Å². The second kappa shape index (κ2) is 17.5. The molecular formula is C22H34O5. The van der Waals surface area contributed by atoms with E-state index in [1.165, 1.54) is 6.08 Å². The first-order valence-electron chi connectivity index (χ1n) is 9.56. The third kappa shape index (κ3) is 17.2. The van der Waals surface area contributed by atoms with Crippen LogP contribution in [0.15, 0.2) is 60.8 Å². The molecule has 5 nitrogen and oxygen atoms in total. The second-order valence-electron chi connectivity index (χ2n) is 6.27. The monoisotopic (exact) mass is 378 g/mol. The molecule has 0 saturated heterocycles. The fourth-order valence-corrected chi connectivity index (χ4v) is 2.21. The minimum Gasteiger partial charge on any atom is -0.481 e. The minimum atomic E-state index is -0.940. The van der Waals surface area contributed by atoms with Gasteiger partial charge in [-0.1, -0.05) is 80.5 Å². The van der Waals surface area contributed by atoms with Crippen LogP contribution in [0.2, 0.25) is 0 Å². The highest BCUT2D eigenvalue weighted by Gasteiger charge is 2.12. The van der Waals surface area contributed by atoms with Crippen LogP contribution in [0.4, 0.5) is 0 Å². The van der Waals surface area contributed by atoms with Gasteiger partial charge in [-0.3, -0.25) is 4.79 Å². The van der Waals surface area contributed by atoms with Gasteiger partial charge in [-0.05, 0) is 25.7 Å². The van der Waals surface area contributed by atoms with E-state index in [1.807, 2.05) is 19.1 Å². The van der Waals surface area contributed by atoms with Gasteiger partial charge >= 0.3 is 5.97 Å². The van der Waals surface area contributed by atoms with Crippen molar-refractivity contribution in [3.8, 4) is 0 Å². The smallest absolute Gasteiger partial charge is 0.303 e. The molecule has 0 aromatic heterocycles. The SMILES string of the molecule is CC/C=C\C[C@H](O)/C=C/C=CC=CC=CC(O)[C@@H](O)CCCCCC(=O)O. The summed E-state index contributed by atoms with van der Waals surface area (Å²) in [6.45, 7) is 2.05. The van der Waals surface area contributed by atoms with Gasteiger partial charge in [-0.25, -0.2) is 0 Å². The molecule has 152 valence electrons. The average Bonchev–Trinajstić information content (AvgIpc) is 2.63. The van der Waals surface area contributed by atoms with E-state index < -0.39 is 24.3 Å². The summed E-state index contributed by atoms with van der Waals surface area (Å²) in [5, 5.41) is 37.9. The first-order valence-corrected chi connectivity index (χ1v) is 9.56. The van der Waals surface area contributed by atoms with Gasteiger partial charge < -0.3 is 20.4 Å². The maximum absolute atomic E-state index is 10.4. The van der Waals surface area contributed by atoms with Crippen LogP contribution in [0.5, 0.6) is 0 Å². The van der Waals surface area contributed by atoms with Gasteiger partial charge in [-0.15, -0.1) is 0 Å². The van der Waals surface area contributed by atoms with Crippen molar-refractivity contribution in [1.29, 1.82) is 0 Å². The quantitative estimate of drug-likeness (QED) is 0.198. The van der Waals surface area contributed by atoms with Crippen LogP contribution >= 0.6 is 0 Å². The zero-order valence-corrected chi connectivity index (χ0v) is 16.2. The maximum Gasteiger partial charge on any atom is 0.303 e. The van der Waals surface area contributed by atoms with Crippen molar-refractivity contribution >= 4 is 5.97 Å². The molecule has 0 bridgehead atoms. The summed E-state index contributed by atoms with van der Waals surface area (Å²) in [5.41, 5.74) is 0. The van der Waals surface area contributed by atoms with Crippen molar-refractivity contribution in [1.82, 2.24) is 0 Å². The van der Waals surface area contributed by atoms with E-state index in [-0.39, 0.29) is 6.42 Å². The summed E-state index contributed by atoms with van der Waals surface area (Å²) in [7, 11) is 0. The van der Waals surface area contributed by atoms with Gasteiger partial charge in [0.1, 0.15) is 0 Å². The zero-order valence-electron chi connectivity index (χ0n) is 16.2. The molecule has 0 rings (SSSR count). The van der Waals surface area contributed by atoms with Crippen LogP contribution in [-0.4, -0.2) is 44.7 Å². The predicted molar refractivity (Wildman–Crippen MR) is 109 cm³/mol. The lowest BCUT2D eigenvalue weighted by atomic mass is 10.0. The number of allylic oxidation sites excluding steroid dienone is 7. The fraction of sp³-hybridized carbons (Fsp3) is 0.500. The molecular weight excluding hydrogens is 344 g/mol. The third-order valence-corrected chi connectivity index (χ3v) is 3.76. The van der Waals surface area contributed by atoms with Crippen molar-refractivity contribution in [2.75, 3.05) is 0 Å². The normalized spacial score (nSPS) is 16.3. The van der Waals surface area contributed by atoms with E-state index in [0.717, 1.165) is 12.8 Å². The summed E-state index contributed by atoms with van der Waals surface area (Å²) >= 11 is 0. The largest absolute Gasteiger partial charge is 0.481 e. The van der Waals surface area contributed by atoms with Crippen LogP contribution in [0, 0.1) is 0 Å². The number of carboxylic acids is 1. The van der Waals surface area contributed by atoms with Crippen molar-refractivity contribution in [3.05, 3.63) is 60.8 Å². The molecule has 0 amide bonds. The van der Waals surface area contributed by atoms with Crippen LogP contribution in [-0.2, 0) is 4.79 Å². The highest BCUT2D eigenvalue weighted by molar-refractivity contribution is 5.66. The Labute approximate surface area is 162 Å². The molecule has 0 fully saturated rings. The molecule has 0 heterocycles. The van der Waals surface area contributed by atoms with Gasteiger partial charge in [0, 0.05) is 6.42 Å². The third-order valence-electron chi connectivity index (χ3n) is 3.76. The Morgan fingerprint density at radius 3 is 2.11 bits per heavy atom. The number of aliphatic carboxylic acids is 1. The van der Waals surface area contributed by atoms with Gasteiger partial charge in [0.15, 0.2) is 0 Å². The first-order chi connectivity index (χ1) is 13.0. The number of carboxylic acid groups (broad SMARTS) is 1. The van der Waals surface area contributed by atoms with Gasteiger partial charge in [0.2, 0.25) is 0 Å². The highest BCUT2D eigenvalue weighted by atomic mass is 16.4. The topological polar surface area (TPSA) is 98.0 Å². The van der Waals surface area contributed by atoms with E-state index in [1.54, 1.807) is 42.5 Å². The number of hydrogen-bond donors (Lipinski definition) is 4. The number of unbranched alkanes of at least 4 members (excludes halogenated alkanes) is 2. The Hall–Kier alpha value is -1.95. The van der Waals surface area contributed by atoms with Crippen molar-refractivity contribution in [3.63, 3.8) is 0 Å².